The van der Waals surface area contributed by atoms with Crippen molar-refractivity contribution in [2.75, 3.05) is 25.0 Å². The molecule has 2 saturated heterocycles. The fourth-order valence-corrected chi connectivity index (χ4v) is 3.95. The van der Waals surface area contributed by atoms with E-state index >= 15 is 0 Å². The van der Waals surface area contributed by atoms with Crippen molar-refractivity contribution in [3.05, 3.63) is 59.7 Å². The maximum atomic E-state index is 13.9. The molecule has 3 unspecified atom stereocenters. The van der Waals surface area contributed by atoms with Gasteiger partial charge in [-0.1, -0.05) is 6.07 Å². The molecule has 0 spiro atoms. The van der Waals surface area contributed by atoms with Crippen LogP contribution in [0.3, 0.4) is 0 Å². The third kappa shape index (κ3) is 3.16. The summed E-state index contributed by atoms with van der Waals surface area (Å²) in [6.45, 7) is 1.56. The van der Waals surface area contributed by atoms with Crippen LogP contribution in [-0.2, 0) is 4.74 Å². The van der Waals surface area contributed by atoms with Gasteiger partial charge in [-0.25, -0.2) is 4.39 Å². The molecule has 0 amide bonds. The summed E-state index contributed by atoms with van der Waals surface area (Å²) < 4.78 is 20.2. The lowest BCUT2D eigenvalue weighted by atomic mass is 10.1. The van der Waals surface area contributed by atoms with E-state index < -0.39 is 0 Å². The largest absolute Gasteiger partial charge is 0.370 e. The first-order valence-corrected chi connectivity index (χ1v) is 8.89. The Balaban J connectivity index is 1.58. The summed E-state index contributed by atoms with van der Waals surface area (Å²) in [6, 6.07) is 12.6. The Kier molecular flexibility index (Phi) is 4.58. The lowest BCUT2D eigenvalue weighted by Gasteiger charge is -2.30. The first kappa shape index (κ1) is 17.0. The van der Waals surface area contributed by atoms with Crippen molar-refractivity contribution in [1.82, 2.24) is 9.88 Å². The highest BCUT2D eigenvalue weighted by Crippen LogP contribution is 2.37. The van der Waals surface area contributed by atoms with Gasteiger partial charge in [0.2, 0.25) is 0 Å². The van der Waals surface area contributed by atoms with Crippen molar-refractivity contribution in [1.29, 1.82) is 5.26 Å². The maximum absolute atomic E-state index is 13.9. The lowest BCUT2D eigenvalue weighted by Crippen LogP contribution is -2.42. The third-order valence-electron chi connectivity index (χ3n) is 5.27. The minimum Gasteiger partial charge on any atom is -0.370 e. The number of halogens is 1. The van der Waals surface area contributed by atoms with Crippen LogP contribution in [0.15, 0.2) is 42.6 Å². The molecule has 2 aliphatic rings. The van der Waals surface area contributed by atoms with Crippen LogP contribution in [0.1, 0.15) is 30.3 Å². The Morgan fingerprint density at radius 2 is 2.19 bits per heavy atom. The van der Waals surface area contributed by atoms with Crippen LogP contribution in [0.4, 0.5) is 10.1 Å². The molecular weight excluding hydrogens is 331 g/mol. The summed E-state index contributed by atoms with van der Waals surface area (Å²) in [5.74, 6) is -0.373. The zero-order valence-corrected chi connectivity index (χ0v) is 14.7. The molecule has 0 radical (unpaired) electrons. The number of nitriles is 1. The van der Waals surface area contributed by atoms with Crippen LogP contribution in [-0.4, -0.2) is 42.2 Å². The van der Waals surface area contributed by atoms with Gasteiger partial charge in [0.05, 0.1) is 29.5 Å². The predicted octanol–water partition coefficient (Wildman–Crippen LogP) is 3.09. The van der Waals surface area contributed by atoms with Gasteiger partial charge in [0.25, 0.3) is 0 Å². The maximum Gasteiger partial charge on any atom is 0.154 e. The number of pyridine rings is 1. The van der Waals surface area contributed by atoms with E-state index in [1.165, 1.54) is 12.1 Å². The summed E-state index contributed by atoms with van der Waals surface area (Å²) >= 11 is 0. The molecule has 6 heteroatoms. The number of ether oxygens (including phenoxy) is 1. The van der Waals surface area contributed by atoms with E-state index in [4.69, 9.17) is 10.00 Å². The van der Waals surface area contributed by atoms with Gasteiger partial charge in [-0.05, 0) is 50.2 Å². The first-order chi connectivity index (χ1) is 12.7. The van der Waals surface area contributed by atoms with E-state index in [1.54, 1.807) is 12.3 Å². The molecule has 5 nitrogen and oxygen atoms in total. The highest BCUT2D eigenvalue weighted by atomic mass is 19.1. The van der Waals surface area contributed by atoms with Gasteiger partial charge in [-0.15, -0.1) is 0 Å². The van der Waals surface area contributed by atoms with E-state index in [1.807, 2.05) is 24.3 Å². The van der Waals surface area contributed by atoms with Crippen LogP contribution in [0, 0.1) is 17.1 Å². The number of aromatic nitrogens is 1. The van der Waals surface area contributed by atoms with Gasteiger partial charge in [-0.3, -0.25) is 9.88 Å². The minimum absolute atomic E-state index is 0.126. The van der Waals surface area contributed by atoms with Gasteiger partial charge in [-0.2, -0.15) is 5.26 Å². The second-order valence-electron chi connectivity index (χ2n) is 6.91. The monoisotopic (exact) mass is 352 g/mol. The molecular formula is C20H21FN4O. The molecule has 2 aromatic rings. The fraction of sp³-hybridized carbons (Fsp3) is 0.400. The van der Waals surface area contributed by atoms with Crippen LogP contribution >= 0.6 is 0 Å². The minimum atomic E-state index is -0.373. The highest BCUT2D eigenvalue weighted by Gasteiger charge is 2.43. The number of fused-ring (bicyclic) bond motifs is 1. The smallest absolute Gasteiger partial charge is 0.154 e. The number of nitrogens with zero attached hydrogens (tertiary/aromatic N) is 4. The average molecular weight is 352 g/mol. The van der Waals surface area contributed by atoms with Crippen molar-refractivity contribution >= 4 is 5.69 Å². The normalized spacial score (nSPS) is 26.2. The molecule has 2 fully saturated rings. The van der Waals surface area contributed by atoms with Crippen LogP contribution in [0.5, 0.6) is 0 Å². The summed E-state index contributed by atoms with van der Waals surface area (Å²) in [4.78, 5) is 8.82. The molecule has 134 valence electrons. The Bertz CT molecular complexity index is 822. The zero-order chi connectivity index (χ0) is 18.1. The molecule has 2 aliphatic heterocycles. The predicted molar refractivity (Wildman–Crippen MR) is 96.0 cm³/mol. The SMILES string of the molecule is CN1C(c2ccccn2)OC2CCCN(c3cc(F)cc(C#N)c3)CC21. The topological polar surface area (TPSA) is 52.4 Å². The molecule has 0 saturated carbocycles. The van der Waals surface area contributed by atoms with E-state index in [9.17, 15) is 4.39 Å². The molecule has 1 aromatic heterocycles. The molecule has 1 aromatic carbocycles. The standard InChI is InChI=1S/C20H21FN4O/c1-24-18-13-25(16-10-14(12-22)9-15(21)11-16)8-4-6-19(18)26-20(24)17-5-2-3-7-23-17/h2-3,5,7,9-11,18-20H,4,6,8,13H2,1H3. The van der Waals surface area contributed by atoms with Crippen molar-refractivity contribution < 1.29 is 9.13 Å². The molecule has 0 N–H and O–H groups in total. The van der Waals surface area contributed by atoms with Crippen LogP contribution in [0.25, 0.3) is 0 Å². The number of hydrogen-bond acceptors (Lipinski definition) is 5. The molecule has 4 rings (SSSR count). The van der Waals surface area contributed by atoms with Gasteiger partial charge >= 0.3 is 0 Å². The quantitative estimate of drug-likeness (QED) is 0.831. The highest BCUT2D eigenvalue weighted by molar-refractivity contribution is 5.52. The van der Waals surface area contributed by atoms with Crippen molar-refractivity contribution in [2.45, 2.75) is 31.2 Å². The molecule has 0 bridgehead atoms. The second-order valence-corrected chi connectivity index (χ2v) is 6.91. The molecule has 3 atom stereocenters. The summed E-state index contributed by atoms with van der Waals surface area (Å²) in [5, 5.41) is 9.12. The van der Waals surface area contributed by atoms with E-state index in [2.05, 4.69) is 21.8 Å². The Morgan fingerprint density at radius 1 is 1.31 bits per heavy atom. The number of rotatable bonds is 2. The van der Waals surface area contributed by atoms with Crippen LogP contribution < -0.4 is 4.90 Å². The van der Waals surface area contributed by atoms with Crippen molar-refractivity contribution in [3.63, 3.8) is 0 Å². The Hall–Kier alpha value is -2.49. The summed E-state index contributed by atoms with van der Waals surface area (Å²) in [6.07, 6.45) is 3.66. The summed E-state index contributed by atoms with van der Waals surface area (Å²) in [5.41, 5.74) is 2.02. The lowest BCUT2D eigenvalue weighted by molar-refractivity contribution is 0.000499. The molecule has 26 heavy (non-hydrogen) atoms. The Labute approximate surface area is 152 Å². The van der Waals surface area contributed by atoms with Crippen molar-refractivity contribution in [3.8, 4) is 6.07 Å². The number of anilines is 1. The second kappa shape index (κ2) is 7.02. The van der Waals surface area contributed by atoms with Crippen LogP contribution in [0.2, 0.25) is 0 Å². The van der Waals surface area contributed by atoms with Gasteiger partial charge < -0.3 is 9.64 Å². The van der Waals surface area contributed by atoms with E-state index in [-0.39, 0.29) is 24.2 Å². The first-order valence-electron chi connectivity index (χ1n) is 8.89. The van der Waals surface area contributed by atoms with Crippen molar-refractivity contribution in [2.24, 2.45) is 0 Å². The average Bonchev–Trinajstić information content (AvgIpc) is 2.83. The van der Waals surface area contributed by atoms with Gasteiger partial charge in [0, 0.05) is 25.0 Å². The molecule has 0 aliphatic carbocycles. The summed E-state index contributed by atoms with van der Waals surface area (Å²) in [7, 11) is 2.06. The van der Waals surface area contributed by atoms with E-state index in [0.29, 0.717) is 5.56 Å². The number of benzene rings is 1. The fourth-order valence-electron chi connectivity index (χ4n) is 3.95. The molecule has 3 heterocycles. The number of likely N-dealkylation sites (N-methyl/N-ethyl adjacent to an activating group) is 1. The zero-order valence-electron chi connectivity index (χ0n) is 14.7. The van der Waals surface area contributed by atoms with E-state index in [0.717, 1.165) is 37.3 Å². The Morgan fingerprint density at radius 3 is 2.96 bits per heavy atom. The third-order valence-corrected chi connectivity index (χ3v) is 5.27. The van der Waals surface area contributed by atoms with Gasteiger partial charge in [0.1, 0.15) is 5.82 Å². The van der Waals surface area contributed by atoms with Gasteiger partial charge in [0.15, 0.2) is 6.23 Å². The number of hydrogen-bond donors (Lipinski definition) is 0.